The molecule has 98 valence electrons. The standard InChI is InChI=1S/C14H10Br2ClNO/c15-10-2-1-8(13(17)7-10)5-14(19)9-3-11(16)6-12(18)4-9/h1-4,6-7H,5,18H2. The molecule has 0 amide bonds. The average Bonchev–Trinajstić information content (AvgIpc) is 2.31. The summed E-state index contributed by atoms with van der Waals surface area (Å²) in [4.78, 5) is 12.2. The van der Waals surface area contributed by atoms with Crippen molar-refractivity contribution < 1.29 is 4.79 Å². The molecule has 2 N–H and O–H groups in total. The number of nitrogen functional groups attached to an aromatic ring is 1. The van der Waals surface area contributed by atoms with Crippen molar-refractivity contribution in [2.75, 3.05) is 5.73 Å². The van der Waals surface area contributed by atoms with Gasteiger partial charge in [-0.15, -0.1) is 0 Å². The highest BCUT2D eigenvalue weighted by Crippen LogP contribution is 2.24. The molecule has 0 fully saturated rings. The molecule has 0 aliphatic carbocycles. The fourth-order valence-electron chi connectivity index (χ4n) is 1.71. The molecule has 2 aromatic rings. The van der Waals surface area contributed by atoms with Crippen LogP contribution in [0.25, 0.3) is 0 Å². The van der Waals surface area contributed by atoms with Gasteiger partial charge in [-0.25, -0.2) is 0 Å². The molecule has 2 nitrogen and oxygen atoms in total. The molecule has 0 atom stereocenters. The number of anilines is 1. The van der Waals surface area contributed by atoms with E-state index in [2.05, 4.69) is 31.9 Å². The van der Waals surface area contributed by atoms with Gasteiger partial charge in [0.05, 0.1) is 0 Å². The second kappa shape index (κ2) is 6.07. The first-order valence-corrected chi connectivity index (χ1v) is 7.45. The minimum Gasteiger partial charge on any atom is -0.399 e. The maximum atomic E-state index is 12.2. The monoisotopic (exact) mass is 401 g/mol. The van der Waals surface area contributed by atoms with Crippen LogP contribution in [0.1, 0.15) is 15.9 Å². The van der Waals surface area contributed by atoms with E-state index in [9.17, 15) is 4.79 Å². The van der Waals surface area contributed by atoms with E-state index in [1.54, 1.807) is 24.3 Å². The van der Waals surface area contributed by atoms with Crippen LogP contribution in [-0.4, -0.2) is 5.78 Å². The molecular formula is C14H10Br2ClNO. The molecule has 2 rings (SSSR count). The van der Waals surface area contributed by atoms with Gasteiger partial charge in [0.15, 0.2) is 5.78 Å². The normalized spacial score (nSPS) is 10.5. The Morgan fingerprint density at radius 1 is 1.11 bits per heavy atom. The van der Waals surface area contributed by atoms with Crippen LogP contribution in [0.2, 0.25) is 5.02 Å². The number of carbonyl (C=O) groups excluding carboxylic acids is 1. The van der Waals surface area contributed by atoms with E-state index >= 15 is 0 Å². The van der Waals surface area contributed by atoms with E-state index in [4.69, 9.17) is 17.3 Å². The lowest BCUT2D eigenvalue weighted by Gasteiger charge is -2.06. The van der Waals surface area contributed by atoms with Crippen LogP contribution in [0.5, 0.6) is 0 Å². The SMILES string of the molecule is Nc1cc(Br)cc(C(=O)Cc2ccc(Br)cc2Cl)c1. The average molecular weight is 404 g/mol. The first kappa shape index (κ1) is 14.6. The summed E-state index contributed by atoms with van der Waals surface area (Å²) in [6.07, 6.45) is 0.252. The highest BCUT2D eigenvalue weighted by molar-refractivity contribution is 9.10. The second-order valence-corrected chi connectivity index (χ2v) is 6.35. The number of hydrogen-bond donors (Lipinski definition) is 1. The van der Waals surface area contributed by atoms with E-state index in [1.165, 1.54) is 0 Å². The zero-order valence-electron chi connectivity index (χ0n) is 9.79. The fraction of sp³-hybridized carbons (Fsp3) is 0.0714. The van der Waals surface area contributed by atoms with E-state index in [1.807, 2.05) is 12.1 Å². The molecule has 0 heterocycles. The molecule has 0 spiro atoms. The number of Topliss-reactive ketones (excluding diaryl/α,β-unsaturated/α-hetero) is 1. The summed E-state index contributed by atoms with van der Waals surface area (Å²) in [5.41, 5.74) is 7.66. The third-order valence-electron chi connectivity index (χ3n) is 2.61. The Hall–Kier alpha value is -0.840. The van der Waals surface area contributed by atoms with Crippen molar-refractivity contribution in [2.24, 2.45) is 0 Å². The van der Waals surface area contributed by atoms with Gasteiger partial charge >= 0.3 is 0 Å². The maximum Gasteiger partial charge on any atom is 0.167 e. The highest BCUT2D eigenvalue weighted by atomic mass is 79.9. The van der Waals surface area contributed by atoms with Crippen LogP contribution in [0.4, 0.5) is 5.69 Å². The Morgan fingerprint density at radius 2 is 1.84 bits per heavy atom. The summed E-state index contributed by atoms with van der Waals surface area (Å²) in [5, 5.41) is 0.575. The molecule has 0 aromatic heterocycles. The number of carbonyl (C=O) groups is 1. The van der Waals surface area contributed by atoms with Crippen LogP contribution in [0.3, 0.4) is 0 Å². The Kier molecular flexibility index (Phi) is 4.66. The van der Waals surface area contributed by atoms with Crippen molar-refractivity contribution in [1.29, 1.82) is 0 Å². The molecule has 0 aliphatic rings. The summed E-state index contributed by atoms with van der Waals surface area (Å²) >= 11 is 12.8. The highest BCUT2D eigenvalue weighted by Gasteiger charge is 2.11. The van der Waals surface area contributed by atoms with Crippen molar-refractivity contribution in [3.8, 4) is 0 Å². The second-order valence-electron chi connectivity index (χ2n) is 4.11. The minimum absolute atomic E-state index is 0.0165. The van der Waals surface area contributed by atoms with E-state index in [-0.39, 0.29) is 12.2 Å². The Morgan fingerprint density at radius 3 is 2.47 bits per heavy atom. The van der Waals surface area contributed by atoms with Crippen LogP contribution in [-0.2, 0) is 6.42 Å². The van der Waals surface area contributed by atoms with Crippen molar-refractivity contribution in [3.05, 3.63) is 61.5 Å². The smallest absolute Gasteiger partial charge is 0.167 e. The molecule has 0 unspecified atom stereocenters. The number of rotatable bonds is 3. The summed E-state index contributed by atoms with van der Waals surface area (Å²) in [6, 6.07) is 10.7. The molecule has 19 heavy (non-hydrogen) atoms. The Bertz CT molecular complexity index is 623. The number of benzene rings is 2. The molecule has 0 saturated carbocycles. The predicted molar refractivity (Wildman–Crippen MR) is 85.7 cm³/mol. The lowest BCUT2D eigenvalue weighted by molar-refractivity contribution is 0.0993. The third kappa shape index (κ3) is 3.81. The molecule has 2 aromatic carbocycles. The molecule has 0 aliphatic heterocycles. The lowest BCUT2D eigenvalue weighted by Crippen LogP contribution is -2.05. The van der Waals surface area contributed by atoms with Gasteiger partial charge in [0.25, 0.3) is 0 Å². The minimum atomic E-state index is -0.0165. The Labute approximate surface area is 133 Å². The van der Waals surface area contributed by atoms with E-state index in [0.717, 1.165) is 14.5 Å². The van der Waals surface area contributed by atoms with Crippen LogP contribution >= 0.6 is 43.5 Å². The number of hydrogen-bond acceptors (Lipinski definition) is 2. The van der Waals surface area contributed by atoms with Crippen LogP contribution < -0.4 is 5.73 Å². The molecule has 0 radical (unpaired) electrons. The quantitative estimate of drug-likeness (QED) is 0.587. The Balaban J connectivity index is 2.25. The van der Waals surface area contributed by atoms with Crippen molar-refractivity contribution in [2.45, 2.75) is 6.42 Å². The van der Waals surface area contributed by atoms with Crippen LogP contribution in [0.15, 0.2) is 45.3 Å². The summed E-state index contributed by atoms with van der Waals surface area (Å²) in [5.74, 6) is -0.0165. The van der Waals surface area contributed by atoms with Crippen LogP contribution in [0, 0.1) is 0 Å². The lowest BCUT2D eigenvalue weighted by atomic mass is 10.0. The first-order chi connectivity index (χ1) is 8.95. The van der Waals surface area contributed by atoms with Gasteiger partial charge in [-0.1, -0.05) is 49.5 Å². The van der Waals surface area contributed by atoms with Gasteiger partial charge in [-0.2, -0.15) is 0 Å². The molecule has 0 bridgehead atoms. The fourth-order valence-corrected chi connectivity index (χ4v) is 2.96. The zero-order chi connectivity index (χ0) is 14.0. The van der Waals surface area contributed by atoms with Gasteiger partial charge in [-0.3, -0.25) is 4.79 Å². The topological polar surface area (TPSA) is 43.1 Å². The van der Waals surface area contributed by atoms with Gasteiger partial charge in [0.2, 0.25) is 0 Å². The maximum absolute atomic E-state index is 12.2. The number of halogens is 3. The summed E-state index contributed by atoms with van der Waals surface area (Å²) < 4.78 is 1.68. The summed E-state index contributed by atoms with van der Waals surface area (Å²) in [7, 11) is 0. The van der Waals surface area contributed by atoms with Gasteiger partial charge in [-0.05, 0) is 35.9 Å². The van der Waals surface area contributed by atoms with E-state index < -0.39 is 0 Å². The first-order valence-electron chi connectivity index (χ1n) is 5.49. The van der Waals surface area contributed by atoms with Crippen molar-refractivity contribution >= 4 is 54.9 Å². The number of ketones is 1. The summed E-state index contributed by atoms with van der Waals surface area (Å²) in [6.45, 7) is 0. The third-order valence-corrected chi connectivity index (χ3v) is 3.91. The molecular weight excluding hydrogens is 393 g/mol. The predicted octanol–water partition coefficient (Wildman–Crippen LogP) is 4.87. The van der Waals surface area contributed by atoms with Gasteiger partial charge in [0, 0.05) is 31.6 Å². The largest absolute Gasteiger partial charge is 0.399 e. The number of nitrogens with two attached hydrogens (primary N) is 1. The van der Waals surface area contributed by atoms with Crippen molar-refractivity contribution in [3.63, 3.8) is 0 Å². The van der Waals surface area contributed by atoms with E-state index in [0.29, 0.717) is 16.3 Å². The molecule has 5 heteroatoms. The van der Waals surface area contributed by atoms with Gasteiger partial charge in [0.1, 0.15) is 0 Å². The zero-order valence-corrected chi connectivity index (χ0v) is 13.7. The molecule has 0 saturated heterocycles. The van der Waals surface area contributed by atoms with Gasteiger partial charge < -0.3 is 5.73 Å². The van der Waals surface area contributed by atoms with Crippen molar-refractivity contribution in [1.82, 2.24) is 0 Å².